The Labute approximate surface area is 294 Å². The number of carbonyl (C=O) groups excluding carboxylic acids is 1. The van der Waals surface area contributed by atoms with E-state index in [0.717, 1.165) is 45.1 Å². The second kappa shape index (κ2) is 21.7. The quantitative estimate of drug-likeness (QED) is 0.0463. The van der Waals surface area contributed by atoms with E-state index in [2.05, 4.69) is 125 Å². The van der Waals surface area contributed by atoms with Crippen LogP contribution >= 0.6 is 0 Å². The zero-order valence-corrected chi connectivity index (χ0v) is 31.6. The largest absolute Gasteiger partial charge is 0.458 e. The molecule has 3 aromatic carbocycles. The fraction of sp³-hybridized carbons (Fsp3) is 0.477. The van der Waals surface area contributed by atoms with Crippen molar-refractivity contribution in [1.82, 2.24) is 0 Å². The summed E-state index contributed by atoms with van der Waals surface area (Å²) in [6, 6.07) is 30.5. The first-order chi connectivity index (χ1) is 23.3. The van der Waals surface area contributed by atoms with Gasteiger partial charge in [0, 0.05) is 13.5 Å². The topological polar surface area (TPSA) is 35.5 Å². The predicted octanol–water partition coefficient (Wildman–Crippen LogP) is 11.0. The summed E-state index contributed by atoms with van der Waals surface area (Å²) in [6.45, 7) is 11.5. The lowest BCUT2D eigenvalue weighted by Crippen LogP contribution is -2.66. The molecular weight excluding hydrogens is 605 g/mol. The minimum Gasteiger partial charge on any atom is -0.458 e. The van der Waals surface area contributed by atoms with Crippen LogP contribution in [0.1, 0.15) is 123 Å². The number of carbonyl (C=O) groups is 1. The van der Waals surface area contributed by atoms with Crippen molar-refractivity contribution in [2.45, 2.75) is 129 Å². The summed E-state index contributed by atoms with van der Waals surface area (Å²) in [5, 5.41) is 2.68. The van der Waals surface area contributed by atoms with Gasteiger partial charge in [-0.25, -0.2) is 0 Å². The number of ether oxygens (including phenoxy) is 1. The molecule has 3 nitrogen and oxygen atoms in total. The highest BCUT2D eigenvalue weighted by Gasteiger charge is 2.49. The van der Waals surface area contributed by atoms with E-state index >= 15 is 0 Å². The van der Waals surface area contributed by atoms with E-state index < -0.39 is 8.32 Å². The molecule has 0 fully saturated rings. The highest BCUT2D eigenvalue weighted by atomic mass is 28.4. The molecule has 1 unspecified atom stereocenters. The number of aryl methyl sites for hydroxylation is 1. The van der Waals surface area contributed by atoms with Crippen LogP contribution in [-0.2, 0) is 20.4 Å². The summed E-state index contributed by atoms with van der Waals surface area (Å²) < 4.78 is 12.7. The monoisotopic (exact) mass is 666 g/mol. The lowest BCUT2D eigenvalue weighted by Gasteiger charge is -2.43. The molecule has 0 aliphatic carbocycles. The minimum atomic E-state index is -2.48. The number of rotatable bonds is 22. The number of allylic oxidation sites excluding steroid dienone is 2. The van der Waals surface area contributed by atoms with Crippen molar-refractivity contribution in [2.24, 2.45) is 0 Å². The summed E-state index contributed by atoms with van der Waals surface area (Å²) in [5.74, 6) is -0.212. The first kappa shape index (κ1) is 39.2. The Morgan fingerprint density at radius 3 is 1.88 bits per heavy atom. The lowest BCUT2D eigenvalue weighted by molar-refractivity contribution is -0.144. The van der Waals surface area contributed by atoms with Crippen LogP contribution in [-0.4, -0.2) is 27.0 Å². The molecule has 260 valence electrons. The van der Waals surface area contributed by atoms with Gasteiger partial charge in [0.2, 0.25) is 0 Å². The van der Waals surface area contributed by atoms with Crippen molar-refractivity contribution in [3.05, 3.63) is 114 Å². The summed E-state index contributed by atoms with van der Waals surface area (Å²) in [5.41, 5.74) is 2.61. The van der Waals surface area contributed by atoms with Crippen molar-refractivity contribution in [3.8, 4) is 0 Å². The lowest BCUT2D eigenvalue weighted by atomic mass is 10.0. The van der Waals surface area contributed by atoms with E-state index in [0.29, 0.717) is 0 Å². The van der Waals surface area contributed by atoms with Gasteiger partial charge in [0.1, 0.15) is 6.10 Å². The molecule has 4 heteroatoms. The average Bonchev–Trinajstić information content (AvgIpc) is 3.08. The van der Waals surface area contributed by atoms with E-state index in [1.54, 1.807) is 0 Å². The van der Waals surface area contributed by atoms with Crippen molar-refractivity contribution >= 4 is 30.7 Å². The fourth-order valence-electron chi connectivity index (χ4n) is 6.74. The van der Waals surface area contributed by atoms with Crippen LogP contribution < -0.4 is 10.4 Å². The van der Waals surface area contributed by atoms with Crippen LogP contribution in [0, 0.1) is 0 Å². The third kappa shape index (κ3) is 13.0. The predicted molar refractivity (Wildman–Crippen MR) is 209 cm³/mol. The van der Waals surface area contributed by atoms with Gasteiger partial charge in [-0.05, 0) is 64.7 Å². The molecule has 0 saturated carbocycles. The summed E-state index contributed by atoms with van der Waals surface area (Å²) in [7, 11) is -2.48. The number of esters is 1. The second-order valence-corrected chi connectivity index (χ2v) is 18.5. The Morgan fingerprint density at radius 2 is 1.27 bits per heavy atom. The number of hydrogen-bond donors (Lipinski definition) is 0. The maximum atomic E-state index is 11.7. The maximum absolute atomic E-state index is 11.7. The van der Waals surface area contributed by atoms with Crippen LogP contribution in [0.2, 0.25) is 5.04 Å². The molecule has 1 atom stereocenters. The van der Waals surface area contributed by atoms with Gasteiger partial charge in [-0.3, -0.25) is 4.79 Å². The van der Waals surface area contributed by atoms with Gasteiger partial charge in [0.25, 0.3) is 8.32 Å². The first-order valence-electron chi connectivity index (χ1n) is 18.6. The Bertz CT molecular complexity index is 1320. The van der Waals surface area contributed by atoms with Crippen LogP contribution in [0.4, 0.5) is 0 Å². The zero-order valence-electron chi connectivity index (χ0n) is 30.6. The SMILES string of the molecule is CCCCCCCCCCC(/C=C/C=C/c1ccccc1CCCCCO[Si](c1ccccc1)(c1ccccc1)C(C)(C)C)OC(C)=O. The Kier molecular flexibility index (Phi) is 17.7. The standard InChI is InChI=1S/C44H62O3Si/c1-6-7-8-9-10-11-12-17-31-41(47-38(2)45)32-25-24-30-40-29-23-22-28-39(40)27-16-15-26-37-46-48(44(3,4)5,42-33-18-13-19-34-42)43-35-20-14-21-36-43/h13-14,18-25,28-30,32-36,41H,6-12,15-17,26-27,31,37H2,1-5H3/b30-24+,32-25+. The van der Waals surface area contributed by atoms with Crippen LogP contribution in [0.25, 0.3) is 6.08 Å². The molecule has 0 saturated heterocycles. The molecule has 0 amide bonds. The van der Waals surface area contributed by atoms with Gasteiger partial charge in [-0.2, -0.15) is 0 Å². The molecule has 0 aliphatic heterocycles. The maximum Gasteiger partial charge on any atom is 0.303 e. The molecule has 0 spiro atoms. The Balaban J connectivity index is 1.51. The van der Waals surface area contributed by atoms with Crippen LogP contribution in [0.15, 0.2) is 103 Å². The molecule has 48 heavy (non-hydrogen) atoms. The van der Waals surface area contributed by atoms with E-state index in [-0.39, 0.29) is 17.1 Å². The Morgan fingerprint density at radius 1 is 0.708 bits per heavy atom. The molecular formula is C44H62O3Si. The molecule has 0 aliphatic rings. The first-order valence-corrected chi connectivity index (χ1v) is 20.5. The summed E-state index contributed by atoms with van der Waals surface area (Å²) in [6.07, 6.45) is 23.6. The third-order valence-corrected chi connectivity index (χ3v) is 14.3. The molecule has 0 heterocycles. The smallest absolute Gasteiger partial charge is 0.303 e. The molecule has 0 N–H and O–H groups in total. The highest BCUT2D eigenvalue weighted by molar-refractivity contribution is 6.99. The van der Waals surface area contributed by atoms with Gasteiger partial charge >= 0.3 is 5.97 Å². The third-order valence-electron chi connectivity index (χ3n) is 9.25. The number of unbranched alkanes of at least 4 members (excludes halogenated alkanes) is 9. The van der Waals surface area contributed by atoms with Crippen molar-refractivity contribution in [3.63, 3.8) is 0 Å². The van der Waals surface area contributed by atoms with E-state index in [4.69, 9.17) is 9.16 Å². The average molecular weight is 667 g/mol. The van der Waals surface area contributed by atoms with Crippen LogP contribution in [0.3, 0.4) is 0 Å². The normalized spacial score (nSPS) is 12.9. The molecule has 3 rings (SSSR count). The minimum absolute atomic E-state index is 0.00118. The van der Waals surface area contributed by atoms with Gasteiger partial charge in [0.05, 0.1) is 0 Å². The van der Waals surface area contributed by atoms with Gasteiger partial charge in [-0.15, -0.1) is 0 Å². The van der Waals surface area contributed by atoms with Crippen molar-refractivity contribution in [2.75, 3.05) is 6.61 Å². The van der Waals surface area contributed by atoms with E-state index in [9.17, 15) is 4.79 Å². The van der Waals surface area contributed by atoms with Crippen LogP contribution in [0.5, 0.6) is 0 Å². The zero-order chi connectivity index (χ0) is 34.5. The molecule has 0 bridgehead atoms. The summed E-state index contributed by atoms with van der Waals surface area (Å²) >= 11 is 0. The van der Waals surface area contributed by atoms with Crippen molar-refractivity contribution in [1.29, 1.82) is 0 Å². The van der Waals surface area contributed by atoms with Gasteiger partial charge in [0.15, 0.2) is 0 Å². The molecule has 0 aromatic heterocycles. The fourth-order valence-corrected chi connectivity index (χ4v) is 11.3. The summed E-state index contributed by atoms with van der Waals surface area (Å²) in [4.78, 5) is 11.7. The highest BCUT2D eigenvalue weighted by Crippen LogP contribution is 2.37. The van der Waals surface area contributed by atoms with Gasteiger partial charge < -0.3 is 9.16 Å². The molecule has 3 aromatic rings. The number of benzene rings is 3. The van der Waals surface area contributed by atoms with Crippen molar-refractivity contribution < 1.29 is 14.0 Å². The number of hydrogen-bond acceptors (Lipinski definition) is 3. The second-order valence-electron chi connectivity index (χ2n) is 14.2. The van der Waals surface area contributed by atoms with Gasteiger partial charge in [-0.1, -0.05) is 182 Å². The Hall–Kier alpha value is -3.21. The van der Waals surface area contributed by atoms with E-state index in [1.807, 2.05) is 12.2 Å². The van der Waals surface area contributed by atoms with E-state index in [1.165, 1.54) is 73.4 Å². The molecule has 0 radical (unpaired) electrons.